The fraction of sp³-hybridized carbons (Fsp3) is 0.286. The number of hydrogen-bond donors (Lipinski definition) is 4. The van der Waals surface area contributed by atoms with Gasteiger partial charge in [0, 0.05) is 12.0 Å². The number of imidazole rings is 1. The van der Waals surface area contributed by atoms with Gasteiger partial charge in [-0.25, -0.2) is 4.79 Å². The summed E-state index contributed by atoms with van der Waals surface area (Å²) in [4.78, 5) is 16.2. The number of rotatable bonds is 5. The number of aromatic nitrogens is 2. The van der Waals surface area contributed by atoms with Crippen LogP contribution >= 0.6 is 0 Å². The number of phenolic OH excluding ortho intramolecular Hbond substituents is 1. The lowest BCUT2D eigenvalue weighted by atomic mass is 10.0. The molecule has 0 amide bonds. The molecule has 0 spiro atoms. The van der Waals surface area contributed by atoms with E-state index in [0.717, 1.165) is 28.0 Å². The Balaban J connectivity index is 1.88. The Morgan fingerprint density at radius 1 is 1.04 bits per heavy atom. The summed E-state index contributed by atoms with van der Waals surface area (Å²) in [6.45, 7) is 7.94. The second-order valence-electron chi connectivity index (χ2n) is 7.12. The molecule has 142 valence electrons. The van der Waals surface area contributed by atoms with E-state index in [-0.39, 0.29) is 17.5 Å². The second kappa shape index (κ2) is 7.23. The minimum absolute atomic E-state index is 0.138. The summed E-state index contributed by atoms with van der Waals surface area (Å²) in [5, 5.41) is 19.7. The third-order valence-electron chi connectivity index (χ3n) is 4.52. The van der Waals surface area contributed by atoms with Crippen molar-refractivity contribution in [2.24, 2.45) is 0 Å². The molecule has 1 aromatic heterocycles. The fourth-order valence-corrected chi connectivity index (χ4v) is 3.22. The number of hydrogen-bond acceptors (Lipinski definition) is 4. The van der Waals surface area contributed by atoms with Crippen LogP contribution in [0.15, 0.2) is 35.1 Å². The first-order valence-corrected chi connectivity index (χ1v) is 8.85. The number of benzene rings is 2. The van der Waals surface area contributed by atoms with Gasteiger partial charge in [0.2, 0.25) is 5.88 Å². The zero-order valence-electron chi connectivity index (χ0n) is 15.9. The van der Waals surface area contributed by atoms with Gasteiger partial charge in [-0.3, -0.25) is 4.98 Å². The summed E-state index contributed by atoms with van der Waals surface area (Å²) in [6, 6.07) is 9.19. The average molecular weight is 368 g/mol. The summed E-state index contributed by atoms with van der Waals surface area (Å²) < 4.78 is 6.09. The molecule has 27 heavy (non-hydrogen) atoms. The molecule has 0 fully saturated rings. The van der Waals surface area contributed by atoms with E-state index in [4.69, 9.17) is 4.74 Å². The fourth-order valence-electron chi connectivity index (χ4n) is 3.22. The van der Waals surface area contributed by atoms with Gasteiger partial charge >= 0.3 is 5.69 Å². The predicted molar refractivity (Wildman–Crippen MR) is 104 cm³/mol. The Kier molecular flexibility index (Phi) is 4.99. The number of aromatic amines is 2. The molecule has 4 N–H and O–H groups in total. The van der Waals surface area contributed by atoms with Gasteiger partial charge < -0.3 is 19.9 Å². The van der Waals surface area contributed by atoms with Crippen LogP contribution in [0.3, 0.4) is 0 Å². The lowest BCUT2D eigenvalue weighted by molar-refractivity contribution is 0.449. The first kappa shape index (κ1) is 18.6. The van der Waals surface area contributed by atoms with Crippen LogP contribution in [0.2, 0.25) is 0 Å². The first-order chi connectivity index (χ1) is 12.7. The number of ether oxygens (including phenoxy) is 1. The number of nitrogens with one attached hydrogen (secondary N) is 2. The molecule has 0 aliphatic rings. The van der Waals surface area contributed by atoms with E-state index < -0.39 is 5.69 Å². The summed E-state index contributed by atoms with van der Waals surface area (Å²) in [5.74, 6) is 1.74. The van der Waals surface area contributed by atoms with E-state index in [1.54, 1.807) is 12.1 Å². The molecule has 0 radical (unpaired) electrons. The molecule has 2 aromatic carbocycles. The van der Waals surface area contributed by atoms with Crippen LogP contribution in [0.25, 0.3) is 0 Å². The molecular formula is C21H24N2O4. The molecule has 0 bridgehead atoms. The molecule has 0 aliphatic heterocycles. The van der Waals surface area contributed by atoms with Gasteiger partial charge in [0.15, 0.2) is 0 Å². The van der Waals surface area contributed by atoms with Crippen molar-refractivity contribution in [3.8, 4) is 23.1 Å². The summed E-state index contributed by atoms with van der Waals surface area (Å²) in [6.07, 6.45) is 0.406. The van der Waals surface area contributed by atoms with Crippen LogP contribution in [0.4, 0.5) is 0 Å². The molecule has 0 atom stereocenters. The zero-order chi connectivity index (χ0) is 19.7. The maximum Gasteiger partial charge on any atom is 0.325 e. The predicted octanol–water partition coefficient (Wildman–Crippen LogP) is 4.24. The molecule has 3 aromatic rings. The van der Waals surface area contributed by atoms with Gasteiger partial charge in [-0.1, -0.05) is 26.0 Å². The smallest absolute Gasteiger partial charge is 0.325 e. The van der Waals surface area contributed by atoms with Crippen LogP contribution in [0.1, 0.15) is 47.7 Å². The van der Waals surface area contributed by atoms with Crippen molar-refractivity contribution in [3.63, 3.8) is 0 Å². The molecule has 3 rings (SSSR count). The molecule has 6 nitrogen and oxygen atoms in total. The Hall–Kier alpha value is -3.15. The average Bonchev–Trinajstić information content (AvgIpc) is 2.89. The molecule has 0 aliphatic carbocycles. The highest BCUT2D eigenvalue weighted by Gasteiger charge is 2.13. The van der Waals surface area contributed by atoms with E-state index in [9.17, 15) is 15.0 Å². The largest absolute Gasteiger partial charge is 0.508 e. The van der Waals surface area contributed by atoms with Crippen LogP contribution < -0.4 is 10.4 Å². The second-order valence-corrected chi connectivity index (χ2v) is 7.12. The van der Waals surface area contributed by atoms with Gasteiger partial charge in [0.05, 0.1) is 5.69 Å². The quantitative estimate of drug-likeness (QED) is 0.541. The van der Waals surface area contributed by atoms with Gasteiger partial charge in [-0.05, 0) is 54.7 Å². The topological polar surface area (TPSA) is 98.3 Å². The van der Waals surface area contributed by atoms with Crippen LogP contribution in [-0.2, 0) is 6.42 Å². The monoisotopic (exact) mass is 368 g/mol. The summed E-state index contributed by atoms with van der Waals surface area (Å²) >= 11 is 0. The molecule has 0 unspecified atom stereocenters. The van der Waals surface area contributed by atoms with Gasteiger partial charge in [-0.15, -0.1) is 0 Å². The van der Waals surface area contributed by atoms with Gasteiger partial charge in [0.25, 0.3) is 0 Å². The highest BCUT2D eigenvalue weighted by molar-refractivity contribution is 5.48. The maximum absolute atomic E-state index is 11.3. The van der Waals surface area contributed by atoms with Crippen molar-refractivity contribution in [2.75, 3.05) is 0 Å². The zero-order valence-corrected chi connectivity index (χ0v) is 15.9. The SMILES string of the molecule is Cc1cc(Cc2[nH]c(=O)[nH]c2O)cc(C)c1Oc1ccc(O)c(C(C)C)c1. The molecule has 0 saturated heterocycles. The Morgan fingerprint density at radius 3 is 2.26 bits per heavy atom. The lowest BCUT2D eigenvalue weighted by Gasteiger charge is -2.16. The Labute approximate surface area is 157 Å². The van der Waals surface area contributed by atoms with Crippen molar-refractivity contribution < 1.29 is 14.9 Å². The number of aromatic hydroxyl groups is 2. The Bertz CT molecular complexity index is 1010. The van der Waals surface area contributed by atoms with E-state index in [1.807, 2.05) is 45.9 Å². The van der Waals surface area contributed by atoms with E-state index in [2.05, 4.69) is 9.97 Å². The van der Waals surface area contributed by atoms with E-state index in [1.165, 1.54) is 0 Å². The van der Waals surface area contributed by atoms with Crippen molar-refractivity contribution in [2.45, 2.75) is 40.0 Å². The number of H-pyrrole nitrogens is 2. The Morgan fingerprint density at radius 2 is 1.70 bits per heavy atom. The highest BCUT2D eigenvalue weighted by Crippen LogP contribution is 2.34. The maximum atomic E-state index is 11.3. The van der Waals surface area contributed by atoms with Crippen molar-refractivity contribution >= 4 is 0 Å². The minimum Gasteiger partial charge on any atom is -0.508 e. The van der Waals surface area contributed by atoms with Crippen molar-refractivity contribution in [1.82, 2.24) is 9.97 Å². The van der Waals surface area contributed by atoms with Crippen LogP contribution in [0, 0.1) is 13.8 Å². The number of aryl methyl sites for hydroxylation is 2. The highest BCUT2D eigenvalue weighted by atomic mass is 16.5. The van der Waals surface area contributed by atoms with E-state index in [0.29, 0.717) is 17.9 Å². The van der Waals surface area contributed by atoms with Gasteiger partial charge in [0.1, 0.15) is 17.2 Å². The third-order valence-corrected chi connectivity index (χ3v) is 4.52. The van der Waals surface area contributed by atoms with Gasteiger partial charge in [-0.2, -0.15) is 0 Å². The normalized spacial score (nSPS) is 11.1. The first-order valence-electron chi connectivity index (χ1n) is 8.85. The summed E-state index contributed by atoms with van der Waals surface area (Å²) in [5.41, 5.74) is 3.71. The third kappa shape index (κ3) is 4.00. The molecular weight excluding hydrogens is 344 g/mol. The van der Waals surface area contributed by atoms with Crippen LogP contribution in [-0.4, -0.2) is 20.2 Å². The van der Waals surface area contributed by atoms with Crippen LogP contribution in [0.5, 0.6) is 23.1 Å². The molecule has 0 saturated carbocycles. The van der Waals surface area contributed by atoms with E-state index >= 15 is 0 Å². The summed E-state index contributed by atoms with van der Waals surface area (Å²) in [7, 11) is 0. The van der Waals surface area contributed by atoms with Crippen molar-refractivity contribution in [1.29, 1.82) is 0 Å². The van der Waals surface area contributed by atoms with Crippen molar-refractivity contribution in [3.05, 3.63) is 68.8 Å². The minimum atomic E-state index is -0.427. The number of phenols is 1. The standard InChI is InChI=1S/C21H24N2O4/c1-11(2)16-10-15(5-6-18(16)24)27-19-12(3)7-14(8-13(19)4)9-17-20(25)23-21(26)22-17/h5-8,10-11,24-25H,9H2,1-4H3,(H2,22,23,26). The molecule has 6 heteroatoms. The lowest BCUT2D eigenvalue weighted by Crippen LogP contribution is -2.01. The molecule has 1 heterocycles.